The van der Waals surface area contributed by atoms with Gasteiger partial charge in [0.2, 0.25) is 5.91 Å². The Morgan fingerprint density at radius 2 is 2.29 bits per heavy atom. The molecule has 0 aliphatic carbocycles. The molecule has 112 valence electrons. The number of nitrogens with two attached hydrogens (primary N) is 1. The van der Waals surface area contributed by atoms with Gasteiger partial charge in [0.15, 0.2) is 0 Å². The Hall–Kier alpha value is -1.79. The van der Waals surface area contributed by atoms with Crippen molar-refractivity contribution in [1.29, 1.82) is 0 Å². The van der Waals surface area contributed by atoms with Gasteiger partial charge in [0.25, 0.3) is 0 Å². The van der Waals surface area contributed by atoms with Gasteiger partial charge in [0.05, 0.1) is 12.1 Å². The van der Waals surface area contributed by atoms with Gasteiger partial charge < -0.3 is 10.6 Å². The Balaban J connectivity index is 2.08. The lowest BCUT2D eigenvalue weighted by Crippen LogP contribution is -2.40. The van der Waals surface area contributed by atoms with Gasteiger partial charge in [-0.05, 0) is 19.1 Å². The van der Waals surface area contributed by atoms with Gasteiger partial charge in [-0.1, -0.05) is 12.1 Å². The van der Waals surface area contributed by atoms with Crippen LogP contribution in [0.3, 0.4) is 0 Å². The molecular weight excluding hydrogens is 289 g/mol. The van der Waals surface area contributed by atoms with E-state index in [1.807, 2.05) is 12.3 Å². The summed E-state index contributed by atoms with van der Waals surface area (Å²) in [7, 11) is 1.74. The van der Waals surface area contributed by atoms with E-state index in [4.69, 9.17) is 5.73 Å². The van der Waals surface area contributed by atoms with E-state index in [0.717, 1.165) is 5.56 Å². The molecule has 0 saturated heterocycles. The third-order valence-corrected chi connectivity index (χ3v) is 4.29. The molecule has 21 heavy (non-hydrogen) atoms. The molecule has 6 heteroatoms. The molecular formula is C15H18FN3OS. The van der Waals surface area contributed by atoms with Crippen molar-refractivity contribution in [2.75, 3.05) is 13.6 Å². The van der Waals surface area contributed by atoms with Crippen LogP contribution in [0.4, 0.5) is 4.39 Å². The molecule has 1 heterocycles. The average molecular weight is 307 g/mol. The summed E-state index contributed by atoms with van der Waals surface area (Å²) in [5, 5.41) is 2.55. The van der Waals surface area contributed by atoms with Crippen molar-refractivity contribution < 1.29 is 9.18 Å². The number of aromatic nitrogens is 1. The Morgan fingerprint density at radius 1 is 1.52 bits per heavy atom. The average Bonchev–Trinajstić information content (AvgIpc) is 2.94. The molecule has 0 radical (unpaired) electrons. The number of amides is 1. The minimum atomic E-state index is -0.295. The van der Waals surface area contributed by atoms with Crippen LogP contribution in [0.1, 0.15) is 12.6 Å². The summed E-state index contributed by atoms with van der Waals surface area (Å²) in [4.78, 5) is 18.1. The van der Waals surface area contributed by atoms with Gasteiger partial charge in [-0.25, -0.2) is 9.37 Å². The lowest BCUT2D eigenvalue weighted by atomic mass is 10.2. The van der Waals surface area contributed by atoms with Gasteiger partial charge in [-0.3, -0.25) is 4.79 Å². The minimum absolute atomic E-state index is 0.00109. The van der Waals surface area contributed by atoms with Crippen LogP contribution in [0.5, 0.6) is 0 Å². The molecule has 2 N–H and O–H groups in total. The summed E-state index contributed by atoms with van der Waals surface area (Å²) >= 11 is 1.41. The van der Waals surface area contributed by atoms with E-state index in [1.165, 1.54) is 23.5 Å². The number of nitrogens with zero attached hydrogens (tertiary/aromatic N) is 2. The van der Waals surface area contributed by atoms with E-state index in [2.05, 4.69) is 4.98 Å². The molecule has 0 spiro atoms. The van der Waals surface area contributed by atoms with Crippen molar-refractivity contribution in [2.45, 2.75) is 19.4 Å². The molecule has 0 fully saturated rings. The summed E-state index contributed by atoms with van der Waals surface area (Å²) in [6.07, 6.45) is 0.229. The highest BCUT2D eigenvalue weighted by Crippen LogP contribution is 2.24. The van der Waals surface area contributed by atoms with Crippen LogP contribution in [0.15, 0.2) is 29.6 Å². The van der Waals surface area contributed by atoms with Gasteiger partial charge in [0, 0.05) is 30.6 Å². The number of thiazole rings is 1. The largest absolute Gasteiger partial charge is 0.341 e. The predicted octanol–water partition coefficient (Wildman–Crippen LogP) is 2.30. The minimum Gasteiger partial charge on any atom is -0.341 e. The first-order chi connectivity index (χ1) is 10.0. The highest BCUT2D eigenvalue weighted by molar-refractivity contribution is 7.13. The fourth-order valence-corrected chi connectivity index (χ4v) is 2.64. The van der Waals surface area contributed by atoms with E-state index in [1.54, 1.807) is 24.1 Å². The molecule has 0 bridgehead atoms. The third-order valence-electron chi connectivity index (χ3n) is 3.35. The quantitative estimate of drug-likeness (QED) is 0.922. The molecule has 2 aromatic rings. The van der Waals surface area contributed by atoms with Gasteiger partial charge in [-0.2, -0.15) is 0 Å². The van der Waals surface area contributed by atoms with Crippen molar-refractivity contribution in [1.82, 2.24) is 9.88 Å². The maximum Gasteiger partial charge on any atom is 0.228 e. The lowest BCUT2D eigenvalue weighted by molar-refractivity contribution is -0.130. The zero-order valence-electron chi connectivity index (χ0n) is 12.0. The van der Waals surface area contributed by atoms with Crippen LogP contribution in [0.2, 0.25) is 0 Å². The molecule has 1 unspecified atom stereocenters. The molecule has 1 atom stereocenters. The van der Waals surface area contributed by atoms with Crippen molar-refractivity contribution in [2.24, 2.45) is 5.73 Å². The fraction of sp³-hybridized carbons (Fsp3) is 0.333. The van der Waals surface area contributed by atoms with E-state index >= 15 is 0 Å². The maximum absolute atomic E-state index is 13.2. The highest BCUT2D eigenvalue weighted by Gasteiger charge is 2.16. The van der Waals surface area contributed by atoms with Crippen LogP contribution < -0.4 is 5.73 Å². The Kier molecular flexibility index (Phi) is 5.03. The zero-order chi connectivity index (χ0) is 15.4. The van der Waals surface area contributed by atoms with Crippen molar-refractivity contribution >= 4 is 17.2 Å². The monoisotopic (exact) mass is 307 g/mol. The van der Waals surface area contributed by atoms with Gasteiger partial charge >= 0.3 is 0 Å². The van der Waals surface area contributed by atoms with E-state index in [9.17, 15) is 9.18 Å². The van der Waals surface area contributed by atoms with Crippen LogP contribution in [0.25, 0.3) is 10.6 Å². The summed E-state index contributed by atoms with van der Waals surface area (Å²) in [6, 6.07) is 6.28. The predicted molar refractivity (Wildman–Crippen MR) is 82.5 cm³/mol. The second-order valence-corrected chi connectivity index (χ2v) is 5.78. The number of hydrogen-bond donors (Lipinski definition) is 1. The first-order valence-corrected chi connectivity index (χ1v) is 7.55. The molecule has 0 saturated carbocycles. The van der Waals surface area contributed by atoms with Crippen LogP contribution in [-0.4, -0.2) is 35.4 Å². The molecule has 1 aromatic heterocycles. The molecule has 0 aliphatic heterocycles. The summed E-state index contributed by atoms with van der Waals surface area (Å²) in [5.41, 5.74) is 6.97. The van der Waals surface area contributed by atoms with Crippen molar-refractivity contribution in [3.05, 3.63) is 41.2 Å². The SMILES string of the molecule is CC(CN)N(C)C(=O)Cc1csc(-c2cccc(F)c2)n1. The second kappa shape index (κ2) is 6.78. The number of benzene rings is 1. The summed E-state index contributed by atoms with van der Waals surface area (Å²) in [6.45, 7) is 2.32. The molecule has 1 amide bonds. The number of rotatable bonds is 5. The van der Waals surface area contributed by atoms with Gasteiger partial charge in [0.1, 0.15) is 10.8 Å². The van der Waals surface area contributed by atoms with Gasteiger partial charge in [-0.15, -0.1) is 11.3 Å². The number of hydrogen-bond acceptors (Lipinski definition) is 4. The van der Waals surface area contributed by atoms with Crippen molar-refractivity contribution in [3.63, 3.8) is 0 Å². The van der Waals surface area contributed by atoms with E-state index in [-0.39, 0.29) is 24.2 Å². The number of carbonyl (C=O) groups is 1. The topological polar surface area (TPSA) is 59.2 Å². The number of likely N-dealkylation sites (N-methyl/N-ethyl adjacent to an activating group) is 1. The highest BCUT2D eigenvalue weighted by atomic mass is 32.1. The summed E-state index contributed by atoms with van der Waals surface area (Å²) in [5.74, 6) is -0.319. The van der Waals surface area contributed by atoms with E-state index in [0.29, 0.717) is 17.2 Å². The smallest absolute Gasteiger partial charge is 0.228 e. The second-order valence-electron chi connectivity index (χ2n) is 4.92. The Labute approximate surface area is 127 Å². The van der Waals surface area contributed by atoms with Crippen LogP contribution in [-0.2, 0) is 11.2 Å². The number of carbonyl (C=O) groups excluding carboxylic acids is 1. The zero-order valence-corrected chi connectivity index (χ0v) is 12.9. The third kappa shape index (κ3) is 3.86. The van der Waals surface area contributed by atoms with Crippen molar-refractivity contribution in [3.8, 4) is 10.6 Å². The Bertz CT molecular complexity index is 629. The molecule has 1 aromatic carbocycles. The molecule has 4 nitrogen and oxygen atoms in total. The fourth-order valence-electron chi connectivity index (χ4n) is 1.83. The summed E-state index contributed by atoms with van der Waals surface area (Å²) < 4.78 is 13.2. The standard InChI is InChI=1S/C15H18FN3OS/c1-10(8-17)19(2)14(20)7-13-9-21-15(18-13)11-4-3-5-12(16)6-11/h3-6,9-10H,7-8,17H2,1-2H3. The number of halogens is 1. The lowest BCUT2D eigenvalue weighted by Gasteiger charge is -2.23. The molecule has 0 aliphatic rings. The molecule has 2 rings (SSSR count). The van der Waals surface area contributed by atoms with Crippen LogP contribution in [0, 0.1) is 5.82 Å². The van der Waals surface area contributed by atoms with E-state index < -0.39 is 0 Å². The first kappa shape index (κ1) is 15.6. The van der Waals surface area contributed by atoms with Crippen LogP contribution >= 0.6 is 11.3 Å². The first-order valence-electron chi connectivity index (χ1n) is 6.67. The normalized spacial score (nSPS) is 12.2. The maximum atomic E-state index is 13.2. The Morgan fingerprint density at radius 3 is 2.95 bits per heavy atom.